The third-order valence-corrected chi connectivity index (χ3v) is 3.89. The van der Waals surface area contributed by atoms with Crippen molar-refractivity contribution < 1.29 is 10.2 Å². The van der Waals surface area contributed by atoms with Gasteiger partial charge in [0.05, 0.1) is 13.2 Å². The van der Waals surface area contributed by atoms with Crippen LogP contribution in [-0.4, -0.2) is 55.4 Å². The molecule has 2 aromatic heterocycles. The zero-order valence-corrected chi connectivity index (χ0v) is 10.8. The fourth-order valence-corrected chi connectivity index (χ4v) is 2.76. The lowest BCUT2D eigenvalue weighted by atomic mass is 9.93. The Bertz CT molecular complexity index is 669. The minimum Gasteiger partial charge on any atom is -0.395 e. The lowest BCUT2D eigenvalue weighted by molar-refractivity contribution is -0.0472. The maximum absolute atomic E-state index is 11.7. The van der Waals surface area contributed by atoms with E-state index in [0.29, 0.717) is 17.6 Å². The molecule has 0 aromatic carbocycles. The SMILES string of the molecule is Nc1nc2c(CN3[C@@H](CO)C[C@@H]3CO)c[nH]c2c(=O)[nH]1. The van der Waals surface area contributed by atoms with Gasteiger partial charge < -0.3 is 20.9 Å². The smallest absolute Gasteiger partial charge is 0.276 e. The summed E-state index contributed by atoms with van der Waals surface area (Å²) in [5.41, 5.74) is 7.00. The largest absolute Gasteiger partial charge is 0.395 e. The van der Waals surface area contributed by atoms with Crippen LogP contribution in [0.2, 0.25) is 0 Å². The lowest BCUT2D eigenvalue weighted by Crippen LogP contribution is -2.58. The monoisotopic (exact) mass is 279 g/mol. The van der Waals surface area contributed by atoms with Crippen molar-refractivity contribution in [3.05, 3.63) is 22.1 Å². The van der Waals surface area contributed by atoms with Gasteiger partial charge in [-0.2, -0.15) is 0 Å². The summed E-state index contributed by atoms with van der Waals surface area (Å²) in [5, 5.41) is 18.6. The number of hydrogen-bond acceptors (Lipinski definition) is 6. The Morgan fingerprint density at radius 1 is 1.40 bits per heavy atom. The number of aliphatic hydroxyl groups excluding tert-OH is 2. The Kier molecular flexibility index (Phi) is 3.20. The second kappa shape index (κ2) is 4.89. The average Bonchev–Trinajstić information content (AvgIpc) is 2.79. The van der Waals surface area contributed by atoms with E-state index in [-0.39, 0.29) is 36.8 Å². The lowest BCUT2D eigenvalue weighted by Gasteiger charge is -2.47. The molecule has 0 saturated carbocycles. The van der Waals surface area contributed by atoms with Gasteiger partial charge in [-0.25, -0.2) is 4.98 Å². The molecule has 0 spiro atoms. The van der Waals surface area contributed by atoms with E-state index in [2.05, 4.69) is 15.0 Å². The number of anilines is 1. The first-order valence-corrected chi connectivity index (χ1v) is 6.47. The van der Waals surface area contributed by atoms with E-state index in [9.17, 15) is 15.0 Å². The molecule has 6 N–H and O–H groups in total. The zero-order valence-electron chi connectivity index (χ0n) is 10.8. The molecule has 0 aliphatic carbocycles. The summed E-state index contributed by atoms with van der Waals surface area (Å²) in [6.45, 7) is 0.607. The Morgan fingerprint density at radius 3 is 2.75 bits per heavy atom. The molecule has 0 radical (unpaired) electrons. The number of aromatic nitrogens is 3. The van der Waals surface area contributed by atoms with Crippen LogP contribution in [0.4, 0.5) is 5.95 Å². The van der Waals surface area contributed by atoms with Gasteiger partial charge in [0.25, 0.3) is 5.56 Å². The van der Waals surface area contributed by atoms with E-state index >= 15 is 0 Å². The van der Waals surface area contributed by atoms with Crippen molar-refractivity contribution >= 4 is 17.0 Å². The van der Waals surface area contributed by atoms with Gasteiger partial charge >= 0.3 is 0 Å². The molecule has 8 nitrogen and oxygen atoms in total. The number of nitrogens with one attached hydrogen (secondary N) is 2. The topological polar surface area (TPSA) is 131 Å². The molecule has 1 aliphatic heterocycles. The van der Waals surface area contributed by atoms with Crippen molar-refractivity contribution in [3.63, 3.8) is 0 Å². The first-order chi connectivity index (χ1) is 9.63. The molecule has 3 heterocycles. The van der Waals surface area contributed by atoms with Crippen LogP contribution in [0.5, 0.6) is 0 Å². The molecule has 1 saturated heterocycles. The van der Waals surface area contributed by atoms with Crippen molar-refractivity contribution in [1.29, 1.82) is 0 Å². The van der Waals surface area contributed by atoms with E-state index in [1.54, 1.807) is 6.20 Å². The molecular formula is C12H17N5O3. The third kappa shape index (κ3) is 1.98. The van der Waals surface area contributed by atoms with Crippen LogP contribution in [0.25, 0.3) is 11.0 Å². The van der Waals surface area contributed by atoms with E-state index < -0.39 is 0 Å². The average molecular weight is 279 g/mol. The van der Waals surface area contributed by atoms with Crippen LogP contribution in [0.1, 0.15) is 12.0 Å². The fraction of sp³-hybridized carbons (Fsp3) is 0.500. The van der Waals surface area contributed by atoms with Gasteiger partial charge in [-0.1, -0.05) is 0 Å². The number of rotatable bonds is 4. The van der Waals surface area contributed by atoms with E-state index in [4.69, 9.17) is 5.73 Å². The number of nitrogens with two attached hydrogens (primary N) is 1. The van der Waals surface area contributed by atoms with Gasteiger partial charge in [0, 0.05) is 30.4 Å². The van der Waals surface area contributed by atoms with Gasteiger partial charge in [0.1, 0.15) is 11.0 Å². The van der Waals surface area contributed by atoms with Crippen molar-refractivity contribution in [3.8, 4) is 0 Å². The van der Waals surface area contributed by atoms with Crippen molar-refractivity contribution in [1.82, 2.24) is 19.9 Å². The normalized spacial score (nSPS) is 23.1. The Balaban J connectivity index is 1.93. The molecule has 3 rings (SSSR count). The predicted octanol–water partition coefficient (Wildman–Crippen LogP) is -1.24. The van der Waals surface area contributed by atoms with Gasteiger partial charge in [-0.05, 0) is 6.42 Å². The highest BCUT2D eigenvalue weighted by molar-refractivity contribution is 5.78. The summed E-state index contributed by atoms with van der Waals surface area (Å²) < 4.78 is 0. The second-order valence-electron chi connectivity index (χ2n) is 5.07. The van der Waals surface area contributed by atoms with Crippen LogP contribution in [0.15, 0.2) is 11.0 Å². The number of H-pyrrole nitrogens is 2. The van der Waals surface area contributed by atoms with Crippen LogP contribution in [-0.2, 0) is 6.54 Å². The van der Waals surface area contributed by atoms with Gasteiger partial charge in [-0.15, -0.1) is 0 Å². The first-order valence-electron chi connectivity index (χ1n) is 6.47. The Labute approximate surface area is 114 Å². The fourth-order valence-electron chi connectivity index (χ4n) is 2.76. The number of hydrogen-bond donors (Lipinski definition) is 5. The standard InChI is InChI=1S/C12H17N5O3/c13-12-15-9-6(2-14-10(9)11(20)16-12)3-17-7(4-18)1-8(17)5-19/h2,7-8,14,18-19H,1,3-5H2,(H3,13,15,16,20)/t7-,8-/m1/s1. The Morgan fingerprint density at radius 2 is 2.10 bits per heavy atom. The Hall–Kier alpha value is -1.90. The summed E-state index contributed by atoms with van der Waals surface area (Å²) in [5.74, 6) is 0.0735. The number of nitrogens with zero attached hydrogens (tertiary/aromatic N) is 2. The number of aliphatic hydroxyl groups is 2. The molecule has 8 heteroatoms. The van der Waals surface area contributed by atoms with Crippen molar-refractivity contribution in [2.75, 3.05) is 18.9 Å². The summed E-state index contributed by atoms with van der Waals surface area (Å²) in [7, 11) is 0. The summed E-state index contributed by atoms with van der Waals surface area (Å²) in [4.78, 5) is 23.2. The van der Waals surface area contributed by atoms with Gasteiger partial charge in [0.2, 0.25) is 5.95 Å². The quantitative estimate of drug-likeness (QED) is 0.476. The van der Waals surface area contributed by atoms with Gasteiger partial charge in [0.15, 0.2) is 0 Å². The minimum absolute atomic E-state index is 0.0384. The first kappa shape index (κ1) is 13.1. The molecule has 108 valence electrons. The highest BCUT2D eigenvalue weighted by Crippen LogP contribution is 2.28. The molecule has 20 heavy (non-hydrogen) atoms. The number of likely N-dealkylation sites (tertiary alicyclic amines) is 1. The minimum atomic E-state index is -0.306. The van der Waals surface area contributed by atoms with Crippen LogP contribution < -0.4 is 11.3 Å². The maximum Gasteiger partial charge on any atom is 0.276 e. The zero-order chi connectivity index (χ0) is 14.3. The third-order valence-electron chi connectivity index (χ3n) is 3.89. The highest BCUT2D eigenvalue weighted by atomic mass is 16.3. The van der Waals surface area contributed by atoms with Gasteiger partial charge in [-0.3, -0.25) is 14.7 Å². The highest BCUT2D eigenvalue weighted by Gasteiger charge is 2.37. The van der Waals surface area contributed by atoms with Crippen molar-refractivity contribution in [2.24, 2.45) is 0 Å². The molecule has 0 amide bonds. The number of nitrogen functional groups attached to an aromatic ring is 1. The number of fused-ring (bicyclic) bond motifs is 1. The van der Waals surface area contributed by atoms with Crippen LogP contribution in [0.3, 0.4) is 0 Å². The molecule has 2 aromatic rings. The maximum atomic E-state index is 11.7. The molecule has 1 fully saturated rings. The number of aromatic amines is 2. The van der Waals surface area contributed by atoms with E-state index in [1.165, 1.54) is 0 Å². The summed E-state index contributed by atoms with van der Waals surface area (Å²) in [6, 6.07) is 0.0767. The molecule has 2 atom stereocenters. The van der Waals surface area contributed by atoms with Crippen LogP contribution in [0, 0.1) is 0 Å². The summed E-state index contributed by atoms with van der Waals surface area (Å²) >= 11 is 0. The molecule has 0 bridgehead atoms. The molecule has 0 unspecified atom stereocenters. The predicted molar refractivity (Wildman–Crippen MR) is 73.0 cm³/mol. The molecular weight excluding hydrogens is 262 g/mol. The summed E-state index contributed by atoms with van der Waals surface area (Å²) in [6.07, 6.45) is 2.49. The van der Waals surface area contributed by atoms with Crippen LogP contribution >= 0.6 is 0 Å². The van der Waals surface area contributed by atoms with E-state index in [0.717, 1.165) is 12.0 Å². The van der Waals surface area contributed by atoms with E-state index in [1.807, 2.05) is 4.90 Å². The second-order valence-corrected chi connectivity index (χ2v) is 5.07. The molecule has 1 aliphatic rings. The van der Waals surface area contributed by atoms with Crippen molar-refractivity contribution in [2.45, 2.75) is 25.0 Å².